The second-order valence-corrected chi connectivity index (χ2v) is 2.40. The summed E-state index contributed by atoms with van der Waals surface area (Å²) >= 11 is 0. The first kappa shape index (κ1) is 15.1. The molecule has 2 N–H and O–H groups in total. The van der Waals surface area contributed by atoms with Crippen molar-refractivity contribution in [2.24, 2.45) is 0 Å². The van der Waals surface area contributed by atoms with Gasteiger partial charge in [0.2, 0.25) is 0 Å². The van der Waals surface area contributed by atoms with Gasteiger partial charge in [-0.1, -0.05) is 20.4 Å². The molecule has 0 rings (SSSR count). The molecule has 5 nitrogen and oxygen atoms in total. The quantitative estimate of drug-likeness (QED) is 0.642. The largest absolute Gasteiger partial charge is 0.480 e. The van der Waals surface area contributed by atoms with Gasteiger partial charge in [-0.25, -0.2) is 4.79 Å². The van der Waals surface area contributed by atoms with E-state index >= 15 is 0 Å². The third kappa shape index (κ3) is 13.2. The van der Waals surface area contributed by atoms with Gasteiger partial charge in [0.15, 0.2) is 0 Å². The van der Waals surface area contributed by atoms with Gasteiger partial charge in [0.1, 0.15) is 0 Å². The first-order chi connectivity index (χ1) is 6.47. The van der Waals surface area contributed by atoms with E-state index in [4.69, 9.17) is 10.2 Å². The first-order valence-corrected chi connectivity index (χ1v) is 4.27. The Kier molecular flexibility index (Phi) is 10.5. The van der Waals surface area contributed by atoms with E-state index in [2.05, 4.69) is 6.58 Å². The highest BCUT2D eigenvalue weighted by molar-refractivity contribution is 5.78. The van der Waals surface area contributed by atoms with Gasteiger partial charge in [0, 0.05) is 6.08 Å². The molecule has 0 aromatic carbocycles. The average Bonchev–Trinajstić information content (AvgIpc) is 2.14. The van der Waals surface area contributed by atoms with Gasteiger partial charge in [-0.3, -0.25) is 9.69 Å². The van der Waals surface area contributed by atoms with Gasteiger partial charge < -0.3 is 10.2 Å². The Balaban J connectivity index is 0. The molecule has 5 heteroatoms. The zero-order valence-electron chi connectivity index (χ0n) is 8.56. The molecule has 0 saturated carbocycles. The molecule has 82 valence electrons. The van der Waals surface area contributed by atoms with Crippen molar-refractivity contribution in [2.75, 3.05) is 19.6 Å². The standard InChI is InChI=1S/C6H13NO2.C3H4O2/c1-3-7(4-2)5-6(8)9;1-2-3(4)5/h3-5H2,1-2H3,(H,8,9);2H,1H2,(H,4,5). The molecular weight excluding hydrogens is 186 g/mol. The molecule has 0 heterocycles. The van der Waals surface area contributed by atoms with Crippen molar-refractivity contribution in [1.82, 2.24) is 4.90 Å². The van der Waals surface area contributed by atoms with E-state index < -0.39 is 11.9 Å². The highest BCUT2D eigenvalue weighted by Crippen LogP contribution is 1.84. The smallest absolute Gasteiger partial charge is 0.327 e. The predicted molar refractivity (Wildman–Crippen MR) is 53.3 cm³/mol. The summed E-state index contributed by atoms with van der Waals surface area (Å²) in [4.78, 5) is 21.2. The molecule has 0 fully saturated rings. The van der Waals surface area contributed by atoms with Crippen molar-refractivity contribution < 1.29 is 19.8 Å². The van der Waals surface area contributed by atoms with Gasteiger partial charge in [0.25, 0.3) is 0 Å². The Morgan fingerprint density at radius 2 is 1.64 bits per heavy atom. The van der Waals surface area contributed by atoms with Gasteiger partial charge in [-0.2, -0.15) is 0 Å². The van der Waals surface area contributed by atoms with Gasteiger partial charge in [0.05, 0.1) is 6.54 Å². The summed E-state index contributed by atoms with van der Waals surface area (Å²) in [5.41, 5.74) is 0. The van der Waals surface area contributed by atoms with E-state index in [0.717, 1.165) is 19.2 Å². The van der Waals surface area contributed by atoms with Crippen LogP contribution in [0, 0.1) is 0 Å². The van der Waals surface area contributed by atoms with Crippen molar-refractivity contribution in [2.45, 2.75) is 13.8 Å². The highest BCUT2D eigenvalue weighted by Gasteiger charge is 2.02. The minimum atomic E-state index is -0.981. The lowest BCUT2D eigenvalue weighted by Gasteiger charge is -2.13. The number of carbonyl (C=O) groups is 2. The minimum Gasteiger partial charge on any atom is -0.480 e. The maximum atomic E-state index is 10.1. The molecule has 0 aliphatic rings. The molecule has 0 spiro atoms. The molecule has 0 amide bonds. The zero-order chi connectivity index (χ0) is 11.6. The predicted octanol–water partition coefficient (Wildman–Crippen LogP) is 0.670. The van der Waals surface area contributed by atoms with Crippen LogP contribution in [0.2, 0.25) is 0 Å². The number of hydrogen-bond donors (Lipinski definition) is 2. The number of nitrogens with zero attached hydrogens (tertiary/aromatic N) is 1. The molecule has 0 atom stereocenters. The van der Waals surface area contributed by atoms with E-state index in [1.807, 2.05) is 18.7 Å². The molecule has 0 bridgehead atoms. The van der Waals surface area contributed by atoms with Crippen molar-refractivity contribution in [1.29, 1.82) is 0 Å². The molecular formula is C9H17NO4. The normalized spacial score (nSPS) is 8.79. The Labute approximate surface area is 83.6 Å². The lowest BCUT2D eigenvalue weighted by molar-refractivity contribution is -0.138. The average molecular weight is 203 g/mol. The minimum absolute atomic E-state index is 0.160. The third-order valence-corrected chi connectivity index (χ3v) is 1.43. The Morgan fingerprint density at radius 3 is 1.71 bits per heavy atom. The van der Waals surface area contributed by atoms with E-state index in [-0.39, 0.29) is 6.54 Å². The fraction of sp³-hybridized carbons (Fsp3) is 0.556. The third-order valence-electron chi connectivity index (χ3n) is 1.43. The van der Waals surface area contributed by atoms with E-state index in [1.165, 1.54) is 0 Å². The fourth-order valence-corrected chi connectivity index (χ4v) is 0.639. The maximum absolute atomic E-state index is 10.1. The molecule has 0 aromatic rings. The van der Waals surface area contributed by atoms with E-state index in [0.29, 0.717) is 0 Å². The molecule has 14 heavy (non-hydrogen) atoms. The second kappa shape index (κ2) is 9.73. The number of likely N-dealkylation sites (N-methyl/N-ethyl adjacent to an activating group) is 1. The number of rotatable bonds is 5. The Morgan fingerprint density at radius 1 is 1.29 bits per heavy atom. The summed E-state index contributed by atoms with van der Waals surface area (Å²) in [6, 6.07) is 0. The first-order valence-electron chi connectivity index (χ1n) is 4.27. The summed E-state index contributed by atoms with van der Waals surface area (Å²) < 4.78 is 0. The molecule has 0 radical (unpaired) electrons. The van der Waals surface area contributed by atoms with Crippen LogP contribution in [0.5, 0.6) is 0 Å². The number of carboxylic acid groups (broad SMARTS) is 2. The van der Waals surface area contributed by atoms with Gasteiger partial charge >= 0.3 is 11.9 Å². The van der Waals surface area contributed by atoms with Gasteiger partial charge in [-0.05, 0) is 13.1 Å². The monoisotopic (exact) mass is 203 g/mol. The van der Waals surface area contributed by atoms with Gasteiger partial charge in [-0.15, -0.1) is 0 Å². The topological polar surface area (TPSA) is 77.8 Å². The maximum Gasteiger partial charge on any atom is 0.327 e. The second-order valence-electron chi connectivity index (χ2n) is 2.40. The lowest BCUT2D eigenvalue weighted by Crippen LogP contribution is -2.29. The van der Waals surface area contributed by atoms with Crippen molar-refractivity contribution in [3.63, 3.8) is 0 Å². The van der Waals surface area contributed by atoms with Crippen molar-refractivity contribution in [3.8, 4) is 0 Å². The van der Waals surface area contributed by atoms with Crippen molar-refractivity contribution in [3.05, 3.63) is 12.7 Å². The van der Waals surface area contributed by atoms with Crippen LogP contribution >= 0.6 is 0 Å². The SMILES string of the molecule is C=CC(=O)O.CCN(CC)CC(=O)O. The van der Waals surface area contributed by atoms with Crippen LogP contribution in [0.15, 0.2) is 12.7 Å². The summed E-state index contributed by atoms with van der Waals surface area (Å²) in [5.74, 6) is -1.73. The van der Waals surface area contributed by atoms with Crippen LogP contribution in [0.25, 0.3) is 0 Å². The van der Waals surface area contributed by atoms with Crippen LogP contribution < -0.4 is 0 Å². The molecule has 0 aliphatic heterocycles. The summed E-state index contributed by atoms with van der Waals surface area (Å²) in [6.07, 6.45) is 0.833. The van der Waals surface area contributed by atoms with Crippen LogP contribution in [-0.4, -0.2) is 46.7 Å². The van der Waals surface area contributed by atoms with Crippen LogP contribution in [0.4, 0.5) is 0 Å². The molecule has 0 unspecified atom stereocenters. The Bertz CT molecular complexity index is 187. The highest BCUT2D eigenvalue weighted by atomic mass is 16.4. The molecule has 0 aromatic heterocycles. The fourth-order valence-electron chi connectivity index (χ4n) is 0.639. The molecule has 0 aliphatic carbocycles. The summed E-state index contributed by atoms with van der Waals surface area (Å²) in [7, 11) is 0. The zero-order valence-corrected chi connectivity index (χ0v) is 8.56. The van der Waals surface area contributed by atoms with Crippen LogP contribution in [-0.2, 0) is 9.59 Å². The van der Waals surface area contributed by atoms with E-state index in [9.17, 15) is 9.59 Å². The lowest BCUT2D eigenvalue weighted by atomic mass is 10.5. The summed E-state index contributed by atoms with van der Waals surface area (Å²) in [5, 5.41) is 15.9. The van der Waals surface area contributed by atoms with Crippen LogP contribution in [0.3, 0.4) is 0 Å². The van der Waals surface area contributed by atoms with E-state index in [1.54, 1.807) is 0 Å². The number of carboxylic acids is 2. The number of aliphatic carboxylic acids is 2. The molecule has 0 saturated heterocycles. The Hall–Kier alpha value is -1.36. The summed E-state index contributed by atoms with van der Waals surface area (Å²) in [6.45, 7) is 8.64. The number of hydrogen-bond acceptors (Lipinski definition) is 3. The van der Waals surface area contributed by atoms with Crippen LogP contribution in [0.1, 0.15) is 13.8 Å². The van der Waals surface area contributed by atoms with Crippen molar-refractivity contribution >= 4 is 11.9 Å².